The van der Waals surface area contributed by atoms with E-state index in [2.05, 4.69) is 54.0 Å². The maximum absolute atomic E-state index is 2.27. The van der Waals surface area contributed by atoms with E-state index in [9.17, 15) is 0 Å². The smallest absolute Gasteiger partial charge is 0.237 e. The van der Waals surface area contributed by atoms with Crippen molar-refractivity contribution in [3.05, 3.63) is 24.8 Å². The van der Waals surface area contributed by atoms with Gasteiger partial charge in [-0.2, -0.15) is 0 Å². The molecule has 0 N–H and O–H groups in total. The quantitative estimate of drug-likeness (QED) is 0.468. The molecule has 0 bridgehead atoms. The minimum absolute atomic E-state index is 1.04. The Labute approximate surface area is 99.6 Å². The minimum Gasteiger partial charge on any atom is -0.237 e. The van der Waals surface area contributed by atoms with Crippen molar-refractivity contribution >= 4 is 6.20 Å². The standard InChI is InChI=1S/C14H25N2/c1-3-5-6-7-8-9-10-11-16-13-12-15(4-2)14-16/h10-14H,3-9H2,1-2H3/q+1. The van der Waals surface area contributed by atoms with Crippen molar-refractivity contribution in [2.45, 2.75) is 58.9 Å². The van der Waals surface area contributed by atoms with Gasteiger partial charge in [0.1, 0.15) is 12.4 Å². The van der Waals surface area contributed by atoms with Gasteiger partial charge >= 0.3 is 0 Å². The molecule has 1 heterocycles. The van der Waals surface area contributed by atoms with Gasteiger partial charge in [-0.3, -0.25) is 0 Å². The van der Waals surface area contributed by atoms with Gasteiger partial charge in [-0.1, -0.05) is 32.6 Å². The van der Waals surface area contributed by atoms with Crippen LogP contribution in [0.4, 0.5) is 0 Å². The summed E-state index contributed by atoms with van der Waals surface area (Å²) in [6.45, 7) is 5.45. The molecule has 0 aromatic carbocycles. The molecule has 0 aliphatic carbocycles. The van der Waals surface area contributed by atoms with Gasteiger partial charge < -0.3 is 0 Å². The van der Waals surface area contributed by atoms with Crippen LogP contribution < -0.4 is 4.57 Å². The Morgan fingerprint density at radius 3 is 2.62 bits per heavy atom. The largest absolute Gasteiger partial charge is 0.248 e. The zero-order valence-electron chi connectivity index (χ0n) is 10.7. The summed E-state index contributed by atoms with van der Waals surface area (Å²) in [4.78, 5) is 0. The molecule has 1 rings (SSSR count). The van der Waals surface area contributed by atoms with Crippen molar-refractivity contribution in [1.29, 1.82) is 0 Å². The first-order chi connectivity index (χ1) is 7.86. The number of hydrogen-bond donors (Lipinski definition) is 0. The second-order valence-electron chi connectivity index (χ2n) is 4.28. The molecule has 0 unspecified atom stereocenters. The lowest BCUT2D eigenvalue weighted by Gasteiger charge is -1.95. The molecule has 0 aliphatic heterocycles. The number of imidazole rings is 1. The zero-order valence-corrected chi connectivity index (χ0v) is 10.7. The first-order valence-electron chi connectivity index (χ1n) is 6.60. The number of aromatic nitrogens is 2. The molecule has 90 valence electrons. The summed E-state index contributed by atoms with van der Waals surface area (Å²) in [6, 6.07) is 0. The molecule has 0 aliphatic rings. The van der Waals surface area contributed by atoms with E-state index in [0.717, 1.165) is 6.54 Å². The van der Waals surface area contributed by atoms with Gasteiger partial charge in [0.25, 0.3) is 0 Å². The molecule has 16 heavy (non-hydrogen) atoms. The van der Waals surface area contributed by atoms with E-state index in [1.165, 1.54) is 38.5 Å². The topological polar surface area (TPSA) is 8.81 Å². The summed E-state index contributed by atoms with van der Waals surface area (Å²) < 4.78 is 4.29. The SMILES string of the molecule is CCCCCCCC=Cn1cc[n+](CC)c1. The van der Waals surface area contributed by atoms with Crippen LogP contribution in [0, 0.1) is 0 Å². The number of unbranched alkanes of at least 4 members (excludes halogenated alkanes) is 5. The van der Waals surface area contributed by atoms with Gasteiger partial charge in [0, 0.05) is 0 Å². The first-order valence-corrected chi connectivity index (χ1v) is 6.60. The molecular formula is C14H25N2+. The number of aryl methyl sites for hydroxylation is 1. The molecule has 0 amide bonds. The Kier molecular flexibility index (Phi) is 6.62. The van der Waals surface area contributed by atoms with Gasteiger partial charge in [0.15, 0.2) is 0 Å². The maximum Gasteiger partial charge on any atom is 0.248 e. The fourth-order valence-corrected chi connectivity index (χ4v) is 1.75. The third-order valence-electron chi connectivity index (χ3n) is 2.83. The van der Waals surface area contributed by atoms with E-state index in [1.807, 2.05) is 0 Å². The summed E-state index contributed by atoms with van der Waals surface area (Å²) >= 11 is 0. The fourth-order valence-electron chi connectivity index (χ4n) is 1.75. The van der Waals surface area contributed by atoms with Crippen LogP contribution in [0.1, 0.15) is 52.4 Å². The lowest BCUT2D eigenvalue weighted by Crippen LogP contribution is -2.28. The van der Waals surface area contributed by atoms with Gasteiger partial charge in [-0.25, -0.2) is 9.13 Å². The second-order valence-corrected chi connectivity index (χ2v) is 4.28. The minimum atomic E-state index is 1.04. The highest BCUT2D eigenvalue weighted by Gasteiger charge is 1.96. The molecule has 1 aromatic heterocycles. The van der Waals surface area contributed by atoms with E-state index in [0.29, 0.717) is 0 Å². The van der Waals surface area contributed by atoms with Crippen LogP contribution in [0.3, 0.4) is 0 Å². The molecule has 0 radical (unpaired) electrons. The predicted molar refractivity (Wildman–Crippen MR) is 69.0 cm³/mol. The molecule has 2 nitrogen and oxygen atoms in total. The highest BCUT2D eigenvalue weighted by molar-refractivity contribution is 5.19. The van der Waals surface area contributed by atoms with Gasteiger partial charge in [-0.15, -0.1) is 0 Å². The molecule has 2 heteroatoms. The number of hydrogen-bond acceptors (Lipinski definition) is 0. The predicted octanol–water partition coefficient (Wildman–Crippen LogP) is 3.63. The Morgan fingerprint density at radius 2 is 1.94 bits per heavy atom. The van der Waals surface area contributed by atoms with Crippen LogP contribution >= 0.6 is 0 Å². The van der Waals surface area contributed by atoms with Gasteiger partial charge in [0.05, 0.1) is 12.7 Å². The summed E-state index contributed by atoms with van der Waals surface area (Å²) in [6.07, 6.45) is 18.8. The molecule has 0 saturated carbocycles. The summed E-state index contributed by atoms with van der Waals surface area (Å²) in [7, 11) is 0. The van der Waals surface area contributed by atoms with E-state index in [1.54, 1.807) is 0 Å². The maximum atomic E-state index is 2.27. The van der Waals surface area contributed by atoms with Crippen LogP contribution in [-0.4, -0.2) is 4.57 Å². The summed E-state index contributed by atoms with van der Waals surface area (Å²) in [5.74, 6) is 0. The average molecular weight is 221 g/mol. The first kappa shape index (κ1) is 13.0. The lowest BCUT2D eigenvalue weighted by molar-refractivity contribution is -0.692. The average Bonchev–Trinajstić information content (AvgIpc) is 2.76. The molecule has 0 spiro atoms. The molecule has 0 saturated heterocycles. The van der Waals surface area contributed by atoms with Gasteiger partial charge in [-0.05, 0) is 25.8 Å². The fraction of sp³-hybridized carbons (Fsp3) is 0.643. The van der Waals surface area contributed by atoms with Crippen LogP contribution in [0.5, 0.6) is 0 Å². The number of allylic oxidation sites excluding steroid dienone is 1. The highest BCUT2D eigenvalue weighted by Crippen LogP contribution is 2.05. The van der Waals surface area contributed by atoms with Crippen LogP contribution in [0.15, 0.2) is 24.8 Å². The molecular weight excluding hydrogens is 196 g/mol. The summed E-state index contributed by atoms with van der Waals surface area (Å²) in [5, 5.41) is 0. The Hall–Kier alpha value is -1.05. The van der Waals surface area contributed by atoms with Crippen molar-refractivity contribution in [2.24, 2.45) is 0 Å². The van der Waals surface area contributed by atoms with E-state index in [4.69, 9.17) is 0 Å². The number of nitrogens with zero attached hydrogens (tertiary/aromatic N) is 2. The van der Waals surface area contributed by atoms with Gasteiger partial charge in [0.2, 0.25) is 6.33 Å². The van der Waals surface area contributed by atoms with Crippen molar-refractivity contribution < 1.29 is 4.57 Å². The molecule has 1 aromatic rings. The summed E-state index contributed by atoms with van der Waals surface area (Å²) in [5.41, 5.74) is 0. The Bertz CT molecular complexity index is 299. The monoisotopic (exact) mass is 221 g/mol. The second kappa shape index (κ2) is 8.14. The third-order valence-corrected chi connectivity index (χ3v) is 2.83. The Morgan fingerprint density at radius 1 is 1.12 bits per heavy atom. The van der Waals surface area contributed by atoms with Crippen LogP contribution in [0.25, 0.3) is 6.20 Å². The van der Waals surface area contributed by atoms with Crippen LogP contribution in [-0.2, 0) is 6.54 Å². The van der Waals surface area contributed by atoms with Crippen molar-refractivity contribution in [3.63, 3.8) is 0 Å². The van der Waals surface area contributed by atoms with E-state index < -0.39 is 0 Å². The third kappa shape index (κ3) is 5.15. The molecule has 0 atom stereocenters. The van der Waals surface area contributed by atoms with E-state index in [-0.39, 0.29) is 0 Å². The number of rotatable bonds is 8. The normalized spacial score (nSPS) is 11.4. The zero-order chi connectivity index (χ0) is 11.6. The van der Waals surface area contributed by atoms with Crippen molar-refractivity contribution in [3.8, 4) is 0 Å². The van der Waals surface area contributed by atoms with Crippen molar-refractivity contribution in [2.75, 3.05) is 0 Å². The van der Waals surface area contributed by atoms with Crippen molar-refractivity contribution in [1.82, 2.24) is 4.57 Å². The Balaban J connectivity index is 2.12. The molecule has 0 fully saturated rings. The van der Waals surface area contributed by atoms with E-state index >= 15 is 0 Å². The lowest BCUT2D eigenvalue weighted by atomic mass is 10.1. The van der Waals surface area contributed by atoms with Crippen LogP contribution in [0.2, 0.25) is 0 Å². The highest BCUT2D eigenvalue weighted by atomic mass is 15.1.